The fourth-order valence-corrected chi connectivity index (χ4v) is 3.89. The van der Waals surface area contributed by atoms with Gasteiger partial charge < -0.3 is 4.48 Å². The molecule has 0 atom stereocenters. The standard InChI is InChI=1S/C25H46N.BrH/c1-4-5-6-7-8-9-10-11-12-13-14-15-16-20-23-26(2,3)24-25-21-18-17-19-22-25;/h17-19,21-22H,4-16,20,23-24H2,1-3H3;1H/q+1;. The topological polar surface area (TPSA) is 0 Å². The number of benzene rings is 1. The highest BCUT2D eigenvalue weighted by Gasteiger charge is 2.14. The third-order valence-corrected chi connectivity index (χ3v) is 5.57. The largest absolute Gasteiger partial charge is 0.325 e. The Kier molecular flexibility index (Phi) is 17.5. The summed E-state index contributed by atoms with van der Waals surface area (Å²) in [5.74, 6) is 0. The molecule has 0 saturated carbocycles. The number of hydrogen-bond acceptors (Lipinski definition) is 0. The van der Waals surface area contributed by atoms with E-state index in [2.05, 4.69) is 51.4 Å². The van der Waals surface area contributed by atoms with Crippen LogP contribution in [0.5, 0.6) is 0 Å². The van der Waals surface area contributed by atoms with Gasteiger partial charge in [0.05, 0.1) is 20.6 Å². The highest BCUT2D eigenvalue weighted by Crippen LogP contribution is 2.14. The third-order valence-electron chi connectivity index (χ3n) is 5.57. The molecule has 0 radical (unpaired) electrons. The van der Waals surface area contributed by atoms with E-state index in [0.717, 1.165) is 11.0 Å². The minimum absolute atomic E-state index is 0. The molecule has 0 bridgehead atoms. The first-order chi connectivity index (χ1) is 12.6. The van der Waals surface area contributed by atoms with Crippen molar-refractivity contribution in [1.82, 2.24) is 0 Å². The lowest BCUT2D eigenvalue weighted by Crippen LogP contribution is -2.39. The van der Waals surface area contributed by atoms with E-state index < -0.39 is 0 Å². The lowest BCUT2D eigenvalue weighted by Gasteiger charge is -2.30. The lowest BCUT2D eigenvalue weighted by atomic mass is 10.0. The van der Waals surface area contributed by atoms with Crippen molar-refractivity contribution >= 4 is 17.0 Å². The second-order valence-electron chi connectivity index (χ2n) is 8.90. The van der Waals surface area contributed by atoms with Crippen LogP contribution in [0.25, 0.3) is 0 Å². The minimum Gasteiger partial charge on any atom is -0.325 e. The van der Waals surface area contributed by atoms with Gasteiger partial charge in [-0.2, -0.15) is 0 Å². The highest BCUT2D eigenvalue weighted by molar-refractivity contribution is 8.93. The molecule has 2 heteroatoms. The van der Waals surface area contributed by atoms with Crippen LogP contribution in [-0.2, 0) is 6.54 Å². The summed E-state index contributed by atoms with van der Waals surface area (Å²) in [6.45, 7) is 4.75. The Labute approximate surface area is 181 Å². The van der Waals surface area contributed by atoms with Crippen LogP contribution in [-0.4, -0.2) is 25.1 Å². The van der Waals surface area contributed by atoms with E-state index in [1.807, 2.05) is 0 Å². The van der Waals surface area contributed by atoms with E-state index in [-0.39, 0.29) is 17.0 Å². The minimum atomic E-state index is 0. The highest BCUT2D eigenvalue weighted by atomic mass is 79.9. The monoisotopic (exact) mass is 440 g/mol. The smallest absolute Gasteiger partial charge is 0.104 e. The summed E-state index contributed by atoms with van der Waals surface area (Å²) in [5, 5.41) is 0. The predicted molar refractivity (Wildman–Crippen MR) is 128 cm³/mol. The average molecular weight is 442 g/mol. The average Bonchev–Trinajstić information content (AvgIpc) is 2.62. The molecule has 158 valence electrons. The molecule has 1 rings (SSSR count). The van der Waals surface area contributed by atoms with Crippen molar-refractivity contribution in [2.45, 2.75) is 103 Å². The molecule has 0 aliphatic carbocycles. The fourth-order valence-electron chi connectivity index (χ4n) is 3.89. The van der Waals surface area contributed by atoms with Crippen LogP contribution in [0.4, 0.5) is 0 Å². The molecule has 0 aromatic heterocycles. The third kappa shape index (κ3) is 16.3. The molecular weight excluding hydrogens is 394 g/mol. The van der Waals surface area contributed by atoms with Crippen LogP contribution in [0.1, 0.15) is 102 Å². The summed E-state index contributed by atoms with van der Waals surface area (Å²) in [6, 6.07) is 10.9. The number of nitrogens with zero attached hydrogens (tertiary/aromatic N) is 1. The first kappa shape index (κ1) is 26.7. The number of halogens is 1. The lowest BCUT2D eigenvalue weighted by molar-refractivity contribution is -0.903. The number of rotatable bonds is 17. The predicted octanol–water partition coefficient (Wildman–Crippen LogP) is 8.32. The summed E-state index contributed by atoms with van der Waals surface area (Å²) in [4.78, 5) is 0. The van der Waals surface area contributed by atoms with E-state index in [1.54, 1.807) is 0 Å². The first-order valence-electron chi connectivity index (χ1n) is 11.5. The Morgan fingerprint density at radius 1 is 0.593 bits per heavy atom. The summed E-state index contributed by atoms with van der Waals surface area (Å²) in [5.41, 5.74) is 1.46. The van der Waals surface area contributed by atoms with Crippen molar-refractivity contribution < 1.29 is 4.48 Å². The zero-order valence-electron chi connectivity index (χ0n) is 18.6. The van der Waals surface area contributed by atoms with Gasteiger partial charge in [0.25, 0.3) is 0 Å². The maximum atomic E-state index is 2.37. The SMILES string of the molecule is Br.CCCCCCCCCCCCCCCC[N+](C)(C)Cc1ccccc1. The zero-order chi connectivity index (χ0) is 18.9. The van der Waals surface area contributed by atoms with Crippen molar-refractivity contribution in [2.24, 2.45) is 0 Å². The van der Waals surface area contributed by atoms with Gasteiger partial charge in [-0.1, -0.05) is 114 Å². The molecule has 0 unspecified atom stereocenters. The van der Waals surface area contributed by atoms with Crippen LogP contribution in [0.2, 0.25) is 0 Å². The van der Waals surface area contributed by atoms with Gasteiger partial charge in [0.15, 0.2) is 0 Å². The van der Waals surface area contributed by atoms with Gasteiger partial charge in [0.1, 0.15) is 6.54 Å². The van der Waals surface area contributed by atoms with Gasteiger partial charge in [0, 0.05) is 5.56 Å². The summed E-state index contributed by atoms with van der Waals surface area (Å²) in [6.07, 6.45) is 20.2. The van der Waals surface area contributed by atoms with Crippen LogP contribution >= 0.6 is 17.0 Å². The van der Waals surface area contributed by atoms with Crippen molar-refractivity contribution in [2.75, 3.05) is 20.6 Å². The number of unbranched alkanes of at least 4 members (excludes halogenated alkanes) is 13. The normalized spacial score (nSPS) is 11.4. The quantitative estimate of drug-likeness (QED) is 0.168. The van der Waals surface area contributed by atoms with E-state index in [9.17, 15) is 0 Å². The molecule has 0 spiro atoms. The van der Waals surface area contributed by atoms with Crippen molar-refractivity contribution in [3.63, 3.8) is 0 Å². The molecule has 0 aliphatic heterocycles. The molecule has 27 heavy (non-hydrogen) atoms. The van der Waals surface area contributed by atoms with E-state index in [4.69, 9.17) is 0 Å². The Hall–Kier alpha value is -0.340. The molecule has 0 N–H and O–H groups in total. The maximum absolute atomic E-state index is 2.37. The molecule has 0 aliphatic rings. The zero-order valence-corrected chi connectivity index (χ0v) is 20.3. The molecule has 0 heterocycles. The summed E-state index contributed by atoms with van der Waals surface area (Å²) in [7, 11) is 4.74. The van der Waals surface area contributed by atoms with Crippen molar-refractivity contribution in [3.05, 3.63) is 35.9 Å². The Morgan fingerprint density at radius 2 is 1.00 bits per heavy atom. The van der Waals surface area contributed by atoms with Gasteiger partial charge in [-0.15, -0.1) is 17.0 Å². The van der Waals surface area contributed by atoms with Crippen molar-refractivity contribution in [1.29, 1.82) is 0 Å². The Balaban J connectivity index is 0.00000676. The molecule has 1 aromatic rings. The molecule has 0 amide bonds. The molecule has 0 saturated heterocycles. The number of hydrogen-bond donors (Lipinski definition) is 0. The summed E-state index contributed by atoms with van der Waals surface area (Å²) < 4.78 is 1.11. The molecule has 1 nitrogen and oxygen atoms in total. The van der Waals surface area contributed by atoms with Gasteiger partial charge >= 0.3 is 0 Å². The van der Waals surface area contributed by atoms with Crippen molar-refractivity contribution in [3.8, 4) is 0 Å². The van der Waals surface area contributed by atoms with Gasteiger partial charge in [0.2, 0.25) is 0 Å². The van der Waals surface area contributed by atoms with E-state index in [1.165, 1.54) is 102 Å². The van der Waals surface area contributed by atoms with Crippen LogP contribution < -0.4 is 0 Å². The Bertz CT molecular complexity index is 416. The maximum Gasteiger partial charge on any atom is 0.104 e. The van der Waals surface area contributed by atoms with Gasteiger partial charge in [-0.25, -0.2) is 0 Å². The summed E-state index contributed by atoms with van der Waals surface area (Å²) >= 11 is 0. The van der Waals surface area contributed by atoms with Gasteiger partial charge in [-0.05, 0) is 12.8 Å². The van der Waals surface area contributed by atoms with E-state index in [0.29, 0.717) is 0 Å². The fraction of sp³-hybridized carbons (Fsp3) is 0.760. The van der Waals surface area contributed by atoms with E-state index >= 15 is 0 Å². The number of quaternary nitrogens is 1. The molecule has 0 fully saturated rings. The molecular formula is C25H47BrN+. The second kappa shape index (κ2) is 17.7. The van der Waals surface area contributed by atoms with Gasteiger partial charge in [-0.3, -0.25) is 0 Å². The second-order valence-corrected chi connectivity index (χ2v) is 8.90. The first-order valence-corrected chi connectivity index (χ1v) is 11.5. The van der Waals surface area contributed by atoms with Crippen LogP contribution in [0, 0.1) is 0 Å². The van der Waals surface area contributed by atoms with Crippen LogP contribution in [0.15, 0.2) is 30.3 Å². The molecule has 1 aromatic carbocycles. The Morgan fingerprint density at radius 3 is 1.44 bits per heavy atom. The van der Waals surface area contributed by atoms with Crippen LogP contribution in [0.3, 0.4) is 0 Å².